The highest BCUT2D eigenvalue weighted by molar-refractivity contribution is 7.99. The Morgan fingerprint density at radius 2 is 1.59 bits per heavy atom. The normalized spacial score (nSPS) is 13.8. The predicted octanol–water partition coefficient (Wildman–Crippen LogP) is 4.51. The number of fused-ring (bicyclic) bond motifs is 1. The van der Waals surface area contributed by atoms with E-state index in [4.69, 9.17) is 5.73 Å². The molecule has 8 heteroatoms. The molecule has 0 aliphatic carbocycles. The minimum Gasteiger partial charge on any atom is -0.391 e. The fourth-order valence-corrected chi connectivity index (χ4v) is 5.34. The lowest BCUT2D eigenvalue weighted by Crippen LogP contribution is -2.52. The summed E-state index contributed by atoms with van der Waals surface area (Å²) >= 11 is 1.42. The van der Waals surface area contributed by atoms with Gasteiger partial charge in [-0.2, -0.15) is 0 Å². The van der Waals surface area contributed by atoms with Gasteiger partial charge in [-0.05, 0) is 56.5 Å². The number of rotatable bonds is 11. The molecule has 3 atom stereocenters. The number of aromatic nitrogens is 1. The fourth-order valence-electron chi connectivity index (χ4n) is 4.51. The molecule has 4 rings (SSSR count). The molecule has 7 nitrogen and oxygen atoms in total. The molecule has 4 aromatic rings. The van der Waals surface area contributed by atoms with Crippen LogP contribution in [0.2, 0.25) is 0 Å². The Kier molecular flexibility index (Phi) is 10.2. The smallest absolute Gasteiger partial charge is 0.251 e. The van der Waals surface area contributed by atoms with Gasteiger partial charge in [-0.1, -0.05) is 72.8 Å². The van der Waals surface area contributed by atoms with E-state index in [-0.39, 0.29) is 18.2 Å². The van der Waals surface area contributed by atoms with Gasteiger partial charge in [0.15, 0.2) is 0 Å². The Labute approximate surface area is 246 Å². The zero-order valence-corrected chi connectivity index (χ0v) is 24.5. The van der Waals surface area contributed by atoms with Gasteiger partial charge < -0.3 is 21.5 Å². The van der Waals surface area contributed by atoms with Crippen molar-refractivity contribution in [2.24, 2.45) is 5.73 Å². The highest BCUT2D eigenvalue weighted by atomic mass is 32.2. The van der Waals surface area contributed by atoms with Gasteiger partial charge in [0.25, 0.3) is 5.91 Å². The molecule has 1 aromatic heterocycles. The number of aliphatic hydroxyl groups excluding tert-OH is 1. The Morgan fingerprint density at radius 3 is 2.34 bits per heavy atom. The van der Waals surface area contributed by atoms with Crippen LogP contribution in [-0.2, 0) is 17.6 Å². The molecule has 0 radical (unpaired) electrons. The van der Waals surface area contributed by atoms with E-state index in [9.17, 15) is 14.7 Å². The number of carbonyl (C=O) groups is 2. The summed E-state index contributed by atoms with van der Waals surface area (Å²) in [6.07, 6.45) is -0.350. The number of nitrogens with one attached hydrogen (secondary N) is 2. The number of hydrogen-bond acceptors (Lipinski definition) is 6. The standard InChI is InChI=1S/C33H38N4O3S/c1-33(2,3)37-31(39)25-15-9-7-14-24(25)20-29(38)28(19-22-11-5-4-6-12-22)36-32(40)26(34)21-41-30-18-17-23-13-8-10-16-27(23)35-30/h4-18,26,28-29,38H,19-21,34H2,1-3H3,(H,36,40)(H,37,39)/t26-,28+,29-/m1/s1. The summed E-state index contributed by atoms with van der Waals surface area (Å²) in [6.45, 7) is 5.77. The van der Waals surface area contributed by atoms with Crippen LogP contribution in [0.3, 0.4) is 0 Å². The Bertz CT molecular complexity index is 1470. The van der Waals surface area contributed by atoms with Gasteiger partial charge in [0, 0.05) is 28.7 Å². The van der Waals surface area contributed by atoms with Gasteiger partial charge in [-0.15, -0.1) is 11.8 Å². The van der Waals surface area contributed by atoms with Crippen molar-refractivity contribution in [1.82, 2.24) is 15.6 Å². The van der Waals surface area contributed by atoms with Crippen molar-refractivity contribution >= 4 is 34.5 Å². The molecular formula is C33H38N4O3S. The van der Waals surface area contributed by atoms with Crippen molar-refractivity contribution in [2.75, 3.05) is 5.75 Å². The van der Waals surface area contributed by atoms with Crippen LogP contribution >= 0.6 is 11.8 Å². The summed E-state index contributed by atoms with van der Waals surface area (Å²) in [4.78, 5) is 30.8. The third-order valence-electron chi connectivity index (χ3n) is 6.59. The highest BCUT2D eigenvalue weighted by Gasteiger charge is 2.27. The summed E-state index contributed by atoms with van der Waals surface area (Å²) in [7, 11) is 0. The Morgan fingerprint density at radius 1 is 0.902 bits per heavy atom. The van der Waals surface area contributed by atoms with E-state index in [0.29, 0.717) is 23.3 Å². The van der Waals surface area contributed by atoms with Gasteiger partial charge in [0.2, 0.25) is 5.91 Å². The van der Waals surface area contributed by atoms with E-state index in [1.54, 1.807) is 12.1 Å². The van der Waals surface area contributed by atoms with Crippen molar-refractivity contribution in [3.63, 3.8) is 0 Å². The topological polar surface area (TPSA) is 117 Å². The third kappa shape index (κ3) is 8.88. The van der Waals surface area contributed by atoms with E-state index in [1.807, 2.05) is 99.6 Å². The van der Waals surface area contributed by atoms with Gasteiger partial charge in [-0.3, -0.25) is 9.59 Å². The summed E-state index contributed by atoms with van der Waals surface area (Å²) < 4.78 is 0. The van der Waals surface area contributed by atoms with Crippen LogP contribution in [0.1, 0.15) is 42.3 Å². The second-order valence-corrected chi connectivity index (χ2v) is 12.2. The fraction of sp³-hybridized carbons (Fsp3) is 0.303. The zero-order valence-electron chi connectivity index (χ0n) is 23.7. The maximum absolute atomic E-state index is 13.2. The number of benzene rings is 3. The summed E-state index contributed by atoms with van der Waals surface area (Å²) in [6, 6.07) is 27.3. The minimum atomic E-state index is -0.954. The first-order valence-electron chi connectivity index (χ1n) is 13.8. The van der Waals surface area contributed by atoms with Gasteiger partial charge in [0.1, 0.15) is 0 Å². The van der Waals surface area contributed by atoms with Gasteiger partial charge in [-0.25, -0.2) is 4.98 Å². The lowest BCUT2D eigenvalue weighted by molar-refractivity contribution is -0.123. The van der Waals surface area contributed by atoms with Crippen LogP contribution in [0.5, 0.6) is 0 Å². The molecule has 0 saturated carbocycles. The van der Waals surface area contributed by atoms with Crippen LogP contribution in [0, 0.1) is 0 Å². The van der Waals surface area contributed by atoms with E-state index in [0.717, 1.165) is 21.5 Å². The van der Waals surface area contributed by atoms with Crippen LogP contribution < -0.4 is 16.4 Å². The van der Waals surface area contributed by atoms with Gasteiger partial charge in [0.05, 0.1) is 28.7 Å². The second kappa shape index (κ2) is 13.8. The first-order valence-corrected chi connectivity index (χ1v) is 14.7. The number of carbonyl (C=O) groups excluding carboxylic acids is 2. The molecule has 214 valence electrons. The van der Waals surface area contributed by atoms with Crippen molar-refractivity contribution in [3.8, 4) is 0 Å². The van der Waals surface area contributed by atoms with Crippen molar-refractivity contribution < 1.29 is 14.7 Å². The molecule has 0 bridgehead atoms. The molecule has 0 aliphatic rings. The maximum atomic E-state index is 13.2. The molecule has 0 unspecified atom stereocenters. The number of para-hydroxylation sites is 1. The molecule has 0 aliphatic heterocycles. The van der Waals surface area contributed by atoms with E-state index < -0.39 is 23.7 Å². The Hall–Kier alpha value is -3.72. The molecule has 41 heavy (non-hydrogen) atoms. The van der Waals surface area contributed by atoms with Crippen LogP contribution in [0.4, 0.5) is 0 Å². The molecule has 5 N–H and O–H groups in total. The molecular weight excluding hydrogens is 532 g/mol. The predicted molar refractivity (Wildman–Crippen MR) is 166 cm³/mol. The average Bonchev–Trinajstić information content (AvgIpc) is 2.95. The molecule has 0 saturated heterocycles. The molecule has 3 aromatic carbocycles. The van der Waals surface area contributed by atoms with E-state index >= 15 is 0 Å². The maximum Gasteiger partial charge on any atom is 0.251 e. The van der Waals surface area contributed by atoms with Crippen molar-refractivity contribution in [3.05, 3.63) is 108 Å². The number of nitrogens with zero attached hydrogens (tertiary/aromatic N) is 1. The minimum absolute atomic E-state index is 0.191. The van der Waals surface area contributed by atoms with Crippen LogP contribution in [0.25, 0.3) is 10.9 Å². The number of amides is 2. The number of thioether (sulfide) groups is 1. The van der Waals surface area contributed by atoms with Crippen molar-refractivity contribution in [1.29, 1.82) is 0 Å². The third-order valence-corrected chi connectivity index (χ3v) is 7.64. The van der Waals surface area contributed by atoms with Gasteiger partial charge >= 0.3 is 0 Å². The summed E-state index contributed by atoms with van der Waals surface area (Å²) in [5.41, 5.74) is 8.97. The van der Waals surface area contributed by atoms with E-state index in [2.05, 4.69) is 15.6 Å². The number of hydrogen-bond donors (Lipinski definition) is 4. The second-order valence-electron chi connectivity index (χ2n) is 11.2. The molecule has 0 spiro atoms. The summed E-state index contributed by atoms with van der Waals surface area (Å²) in [5.74, 6) is -0.219. The lowest BCUT2D eigenvalue weighted by Gasteiger charge is -2.27. The lowest BCUT2D eigenvalue weighted by atomic mass is 9.93. The van der Waals surface area contributed by atoms with E-state index in [1.165, 1.54) is 11.8 Å². The molecule has 0 fully saturated rings. The van der Waals surface area contributed by atoms with Crippen LogP contribution in [-0.4, -0.2) is 51.4 Å². The first-order chi connectivity index (χ1) is 19.6. The molecule has 1 heterocycles. The summed E-state index contributed by atoms with van der Waals surface area (Å²) in [5, 5.41) is 19.2. The zero-order chi connectivity index (χ0) is 29.4. The number of nitrogens with two attached hydrogens (primary N) is 1. The highest BCUT2D eigenvalue weighted by Crippen LogP contribution is 2.21. The monoisotopic (exact) mass is 570 g/mol. The SMILES string of the molecule is CC(C)(C)NC(=O)c1ccccc1C[C@@H](O)[C@H](Cc1ccccc1)NC(=O)[C@H](N)CSc1ccc2ccccc2n1. The quantitative estimate of drug-likeness (QED) is 0.197. The first kappa shape index (κ1) is 30.2. The largest absolute Gasteiger partial charge is 0.391 e. The van der Waals surface area contributed by atoms with Crippen molar-refractivity contribution in [2.45, 2.75) is 62.4 Å². The molecule has 2 amide bonds. The van der Waals surface area contributed by atoms with Crippen LogP contribution in [0.15, 0.2) is 96.0 Å². The average molecular weight is 571 g/mol. The number of aliphatic hydroxyl groups is 1. The number of pyridine rings is 1. The Balaban J connectivity index is 1.45.